The highest BCUT2D eigenvalue weighted by atomic mass is 32.1. The highest BCUT2D eigenvalue weighted by Gasteiger charge is 2.07. The van der Waals surface area contributed by atoms with E-state index < -0.39 is 0 Å². The van der Waals surface area contributed by atoms with Crippen molar-refractivity contribution in [1.82, 2.24) is 5.32 Å². The molecule has 0 fully saturated rings. The number of benzene rings is 1. The summed E-state index contributed by atoms with van der Waals surface area (Å²) in [5.74, 6) is 1.02. The first-order valence-corrected chi connectivity index (χ1v) is 7.98. The highest BCUT2D eigenvalue weighted by Crippen LogP contribution is 2.26. The molecule has 0 aliphatic carbocycles. The first-order valence-electron chi connectivity index (χ1n) is 7.03. The van der Waals surface area contributed by atoms with Crippen LogP contribution in [0.3, 0.4) is 0 Å². The van der Waals surface area contributed by atoms with E-state index in [9.17, 15) is 0 Å². The Kier molecular flexibility index (Phi) is 5.21. The summed E-state index contributed by atoms with van der Waals surface area (Å²) in [4.78, 5) is 0. The average Bonchev–Trinajstić information content (AvgIpc) is 2.88. The van der Waals surface area contributed by atoms with E-state index in [0.29, 0.717) is 12.6 Å². The van der Waals surface area contributed by atoms with Gasteiger partial charge < -0.3 is 10.1 Å². The Morgan fingerprint density at radius 2 is 1.85 bits per heavy atom. The molecule has 0 amide bonds. The maximum absolute atomic E-state index is 5.98. The first kappa shape index (κ1) is 15.1. The SMILES string of the molecule is Cc1cc(CNC(C)C)cc(C)c1OCc1ccsc1. The second-order valence-corrected chi connectivity index (χ2v) is 6.29. The van der Waals surface area contributed by atoms with Gasteiger partial charge in [-0.05, 0) is 52.9 Å². The van der Waals surface area contributed by atoms with E-state index in [-0.39, 0.29) is 0 Å². The van der Waals surface area contributed by atoms with Crippen molar-refractivity contribution in [3.8, 4) is 5.75 Å². The lowest BCUT2D eigenvalue weighted by Gasteiger charge is -2.15. The molecular weight excluding hydrogens is 266 g/mol. The van der Waals surface area contributed by atoms with Crippen LogP contribution in [0, 0.1) is 13.8 Å². The lowest BCUT2D eigenvalue weighted by Crippen LogP contribution is -2.21. The van der Waals surface area contributed by atoms with E-state index in [2.05, 4.69) is 62.0 Å². The fourth-order valence-electron chi connectivity index (χ4n) is 2.22. The van der Waals surface area contributed by atoms with Gasteiger partial charge in [-0.2, -0.15) is 11.3 Å². The normalized spacial score (nSPS) is 11.1. The van der Waals surface area contributed by atoms with Crippen molar-refractivity contribution in [3.05, 3.63) is 51.2 Å². The smallest absolute Gasteiger partial charge is 0.125 e. The molecule has 0 aliphatic rings. The van der Waals surface area contributed by atoms with Crippen LogP contribution in [0.1, 0.15) is 36.1 Å². The second-order valence-electron chi connectivity index (χ2n) is 5.51. The molecule has 0 bridgehead atoms. The summed E-state index contributed by atoms with van der Waals surface area (Å²) in [5.41, 5.74) is 4.97. The number of hydrogen-bond donors (Lipinski definition) is 1. The van der Waals surface area contributed by atoms with Crippen LogP contribution >= 0.6 is 11.3 Å². The van der Waals surface area contributed by atoms with Gasteiger partial charge in [-0.3, -0.25) is 0 Å². The number of ether oxygens (including phenoxy) is 1. The minimum absolute atomic E-state index is 0.505. The van der Waals surface area contributed by atoms with Crippen molar-refractivity contribution < 1.29 is 4.74 Å². The third-order valence-electron chi connectivity index (χ3n) is 3.20. The molecule has 0 saturated carbocycles. The Labute approximate surface area is 125 Å². The van der Waals surface area contributed by atoms with Gasteiger partial charge in [0.25, 0.3) is 0 Å². The molecule has 3 heteroatoms. The van der Waals surface area contributed by atoms with Crippen LogP contribution in [-0.2, 0) is 13.2 Å². The van der Waals surface area contributed by atoms with Crippen LogP contribution in [0.4, 0.5) is 0 Å². The van der Waals surface area contributed by atoms with E-state index >= 15 is 0 Å². The largest absolute Gasteiger partial charge is 0.488 e. The molecule has 0 radical (unpaired) electrons. The first-order chi connectivity index (χ1) is 9.56. The molecule has 0 saturated heterocycles. The van der Waals surface area contributed by atoms with Gasteiger partial charge in [0.2, 0.25) is 0 Å². The van der Waals surface area contributed by atoms with Crippen LogP contribution in [-0.4, -0.2) is 6.04 Å². The van der Waals surface area contributed by atoms with Crippen molar-refractivity contribution in [2.24, 2.45) is 0 Å². The molecule has 2 nitrogen and oxygen atoms in total. The molecule has 1 N–H and O–H groups in total. The van der Waals surface area contributed by atoms with Crippen molar-refractivity contribution in [2.45, 2.75) is 46.9 Å². The monoisotopic (exact) mass is 289 g/mol. The summed E-state index contributed by atoms with van der Waals surface area (Å²) in [6, 6.07) is 7.04. The van der Waals surface area contributed by atoms with E-state index in [0.717, 1.165) is 12.3 Å². The Balaban J connectivity index is 2.06. The molecule has 0 atom stereocenters. The Hall–Kier alpha value is -1.32. The van der Waals surface area contributed by atoms with Gasteiger partial charge in [0.15, 0.2) is 0 Å². The Morgan fingerprint density at radius 1 is 1.15 bits per heavy atom. The fourth-order valence-corrected chi connectivity index (χ4v) is 2.88. The van der Waals surface area contributed by atoms with Crippen LogP contribution in [0.5, 0.6) is 5.75 Å². The Morgan fingerprint density at radius 3 is 2.40 bits per heavy atom. The maximum Gasteiger partial charge on any atom is 0.125 e. The van der Waals surface area contributed by atoms with Crippen molar-refractivity contribution in [2.75, 3.05) is 0 Å². The van der Waals surface area contributed by atoms with Crippen LogP contribution in [0.2, 0.25) is 0 Å². The Bertz CT molecular complexity index is 523. The topological polar surface area (TPSA) is 21.3 Å². The summed E-state index contributed by atoms with van der Waals surface area (Å²) in [7, 11) is 0. The molecule has 108 valence electrons. The van der Waals surface area contributed by atoms with Gasteiger partial charge in [0, 0.05) is 12.6 Å². The minimum Gasteiger partial charge on any atom is -0.488 e. The summed E-state index contributed by atoms with van der Waals surface area (Å²) >= 11 is 1.71. The summed E-state index contributed by atoms with van der Waals surface area (Å²) < 4.78 is 5.98. The van der Waals surface area contributed by atoms with Crippen molar-refractivity contribution in [1.29, 1.82) is 0 Å². The van der Waals surface area contributed by atoms with Crippen molar-refractivity contribution >= 4 is 11.3 Å². The molecule has 1 aromatic heterocycles. The molecule has 0 aliphatic heterocycles. The lowest BCUT2D eigenvalue weighted by molar-refractivity contribution is 0.302. The standard InChI is InChI=1S/C17H23NOS/c1-12(2)18-9-16-7-13(3)17(14(4)8-16)19-10-15-5-6-20-11-15/h5-8,11-12,18H,9-10H2,1-4H3. The van der Waals surface area contributed by atoms with Gasteiger partial charge in [0.1, 0.15) is 12.4 Å². The molecule has 0 unspecified atom stereocenters. The van der Waals surface area contributed by atoms with E-state index in [1.54, 1.807) is 11.3 Å². The van der Waals surface area contributed by atoms with Gasteiger partial charge in [-0.1, -0.05) is 26.0 Å². The molecular formula is C17H23NOS. The molecule has 2 rings (SSSR count). The van der Waals surface area contributed by atoms with Crippen LogP contribution in [0.25, 0.3) is 0 Å². The predicted molar refractivity (Wildman–Crippen MR) is 86.5 cm³/mol. The molecule has 2 aromatic rings. The van der Waals surface area contributed by atoms with Crippen LogP contribution in [0.15, 0.2) is 29.0 Å². The zero-order valence-electron chi connectivity index (χ0n) is 12.7. The van der Waals surface area contributed by atoms with Crippen LogP contribution < -0.4 is 10.1 Å². The van der Waals surface area contributed by atoms with E-state index in [1.807, 2.05) is 0 Å². The van der Waals surface area contributed by atoms with Gasteiger partial charge in [0.05, 0.1) is 0 Å². The zero-order valence-corrected chi connectivity index (χ0v) is 13.5. The lowest BCUT2D eigenvalue weighted by atomic mass is 10.1. The zero-order chi connectivity index (χ0) is 14.5. The number of thiophene rings is 1. The predicted octanol–water partition coefficient (Wildman–Crippen LogP) is 4.44. The third-order valence-corrected chi connectivity index (χ3v) is 3.93. The number of aryl methyl sites for hydroxylation is 2. The summed E-state index contributed by atoms with van der Waals surface area (Å²) in [6.07, 6.45) is 0. The average molecular weight is 289 g/mol. The summed E-state index contributed by atoms with van der Waals surface area (Å²) in [6.45, 7) is 10.1. The van der Waals surface area contributed by atoms with Gasteiger partial charge >= 0.3 is 0 Å². The van der Waals surface area contributed by atoms with Gasteiger partial charge in [-0.25, -0.2) is 0 Å². The highest BCUT2D eigenvalue weighted by molar-refractivity contribution is 7.07. The second kappa shape index (κ2) is 6.91. The minimum atomic E-state index is 0.505. The number of rotatable bonds is 6. The van der Waals surface area contributed by atoms with E-state index in [4.69, 9.17) is 4.74 Å². The maximum atomic E-state index is 5.98. The fraction of sp³-hybridized carbons (Fsp3) is 0.412. The molecule has 0 spiro atoms. The van der Waals surface area contributed by atoms with E-state index in [1.165, 1.54) is 22.3 Å². The molecule has 1 heterocycles. The molecule has 20 heavy (non-hydrogen) atoms. The third kappa shape index (κ3) is 4.09. The van der Waals surface area contributed by atoms with Crippen molar-refractivity contribution in [3.63, 3.8) is 0 Å². The summed E-state index contributed by atoms with van der Waals surface area (Å²) in [5, 5.41) is 7.66. The van der Waals surface area contributed by atoms with Gasteiger partial charge in [-0.15, -0.1) is 0 Å². The number of nitrogens with one attached hydrogen (secondary N) is 1. The quantitative estimate of drug-likeness (QED) is 0.848. The molecule has 1 aromatic carbocycles. The number of hydrogen-bond acceptors (Lipinski definition) is 3.